The first kappa shape index (κ1) is 9.05. The highest BCUT2D eigenvalue weighted by Gasteiger charge is 2.13. The summed E-state index contributed by atoms with van der Waals surface area (Å²) in [6.07, 6.45) is 0.294. The quantitative estimate of drug-likeness (QED) is 0.460. The molecule has 68 valence electrons. The number of carboxylic acid groups (broad SMARTS) is 1. The van der Waals surface area contributed by atoms with Gasteiger partial charge in [-0.1, -0.05) is 0 Å². The Hall–Kier alpha value is -2.04. The highest BCUT2D eigenvalue weighted by molar-refractivity contribution is 5.98. The molecule has 0 aliphatic heterocycles. The predicted molar refractivity (Wildman–Crippen MR) is 42.1 cm³/mol. The second-order valence-corrected chi connectivity index (χ2v) is 2.35. The van der Waals surface area contributed by atoms with E-state index < -0.39 is 17.5 Å². The fourth-order valence-electron chi connectivity index (χ4n) is 0.876. The lowest BCUT2D eigenvalue weighted by atomic mass is 10.1. The van der Waals surface area contributed by atoms with Gasteiger partial charge in [-0.3, -0.25) is 4.79 Å². The summed E-state index contributed by atoms with van der Waals surface area (Å²) in [6.45, 7) is 0. The van der Waals surface area contributed by atoms with Crippen LogP contribution in [0.15, 0.2) is 12.1 Å². The average molecular weight is 182 g/mol. The molecule has 5 heteroatoms. The first-order chi connectivity index (χ1) is 6.06. The van der Waals surface area contributed by atoms with Gasteiger partial charge < -0.3 is 15.3 Å². The van der Waals surface area contributed by atoms with E-state index in [1.54, 1.807) is 0 Å². The Bertz CT molecular complexity index is 369. The Balaban J connectivity index is 3.41. The molecule has 0 spiro atoms. The zero-order chi connectivity index (χ0) is 10.0. The van der Waals surface area contributed by atoms with Gasteiger partial charge in [0, 0.05) is 5.56 Å². The number of aromatic carboxylic acids is 1. The van der Waals surface area contributed by atoms with Crippen LogP contribution in [0, 0.1) is 0 Å². The molecular weight excluding hydrogens is 176 g/mol. The highest BCUT2D eigenvalue weighted by Crippen LogP contribution is 2.27. The van der Waals surface area contributed by atoms with Gasteiger partial charge in [-0.15, -0.1) is 0 Å². The number of hydrogen-bond donors (Lipinski definition) is 3. The average Bonchev–Trinajstić information content (AvgIpc) is 2.08. The Morgan fingerprint density at radius 1 is 1.23 bits per heavy atom. The lowest BCUT2D eigenvalue weighted by Crippen LogP contribution is -2.01. The lowest BCUT2D eigenvalue weighted by molar-refractivity contribution is 0.0693. The molecule has 0 aliphatic rings. The summed E-state index contributed by atoms with van der Waals surface area (Å²) in [7, 11) is 0. The minimum atomic E-state index is -1.34. The molecule has 0 aliphatic carbocycles. The highest BCUT2D eigenvalue weighted by atomic mass is 16.4. The fourth-order valence-corrected chi connectivity index (χ4v) is 0.876. The summed E-state index contributed by atoms with van der Waals surface area (Å²) in [5.41, 5.74) is -0.520. The third-order valence-electron chi connectivity index (χ3n) is 1.50. The van der Waals surface area contributed by atoms with Crippen LogP contribution in [0.25, 0.3) is 0 Å². The van der Waals surface area contributed by atoms with Crippen LogP contribution in [0.2, 0.25) is 0 Å². The molecule has 1 aromatic rings. The molecule has 0 bridgehead atoms. The fraction of sp³-hybridized carbons (Fsp3) is 0. The molecule has 0 aromatic heterocycles. The van der Waals surface area contributed by atoms with E-state index in [1.807, 2.05) is 0 Å². The normalized spacial score (nSPS) is 9.54. The molecule has 0 unspecified atom stereocenters. The molecule has 0 heterocycles. The molecule has 0 radical (unpaired) electrons. The monoisotopic (exact) mass is 182 g/mol. The van der Waals surface area contributed by atoms with E-state index in [0.717, 1.165) is 12.1 Å². The topological polar surface area (TPSA) is 94.8 Å². The van der Waals surface area contributed by atoms with Crippen LogP contribution in [-0.2, 0) is 0 Å². The number of carbonyl (C=O) groups excluding carboxylic acids is 1. The number of benzene rings is 1. The molecule has 1 aromatic carbocycles. The Labute approximate surface area is 72.9 Å². The van der Waals surface area contributed by atoms with E-state index in [9.17, 15) is 9.59 Å². The van der Waals surface area contributed by atoms with Crippen molar-refractivity contribution in [1.82, 2.24) is 0 Å². The third kappa shape index (κ3) is 1.58. The Kier molecular flexibility index (Phi) is 2.19. The van der Waals surface area contributed by atoms with Crippen LogP contribution in [0.5, 0.6) is 11.5 Å². The van der Waals surface area contributed by atoms with Gasteiger partial charge in [0.05, 0.1) is 5.56 Å². The number of carboxylic acids is 1. The predicted octanol–water partition coefficient (Wildman–Crippen LogP) is 0.609. The zero-order valence-corrected chi connectivity index (χ0v) is 6.39. The third-order valence-corrected chi connectivity index (χ3v) is 1.50. The molecule has 13 heavy (non-hydrogen) atoms. The molecule has 5 nitrogen and oxygen atoms in total. The molecule has 0 saturated heterocycles. The number of rotatable bonds is 2. The van der Waals surface area contributed by atoms with Crippen molar-refractivity contribution in [2.45, 2.75) is 0 Å². The minimum absolute atomic E-state index is 0.178. The van der Waals surface area contributed by atoms with Gasteiger partial charge in [-0.25, -0.2) is 4.79 Å². The van der Waals surface area contributed by atoms with Crippen molar-refractivity contribution in [3.63, 3.8) is 0 Å². The van der Waals surface area contributed by atoms with Crippen LogP contribution in [0.4, 0.5) is 0 Å². The molecular formula is C8H6O5. The summed E-state index contributed by atoms with van der Waals surface area (Å²) in [6, 6.07) is 1.72. The van der Waals surface area contributed by atoms with Crippen LogP contribution in [0.1, 0.15) is 20.7 Å². The maximum atomic E-state index is 10.5. The summed E-state index contributed by atoms with van der Waals surface area (Å²) >= 11 is 0. The van der Waals surface area contributed by atoms with Gasteiger partial charge in [0.15, 0.2) is 17.8 Å². The summed E-state index contributed by atoms with van der Waals surface area (Å²) in [5, 5.41) is 26.4. The number of aromatic hydroxyl groups is 2. The van der Waals surface area contributed by atoms with Crippen molar-refractivity contribution < 1.29 is 24.9 Å². The SMILES string of the molecule is O=Cc1cc(O)c(O)cc1C(=O)O. The van der Waals surface area contributed by atoms with E-state index >= 15 is 0 Å². The van der Waals surface area contributed by atoms with Gasteiger partial charge in [0.25, 0.3) is 0 Å². The van der Waals surface area contributed by atoms with E-state index in [1.165, 1.54) is 0 Å². The molecule has 1 rings (SSSR count). The molecule has 3 N–H and O–H groups in total. The smallest absolute Gasteiger partial charge is 0.336 e. The minimum Gasteiger partial charge on any atom is -0.504 e. The Morgan fingerprint density at radius 2 is 1.77 bits per heavy atom. The standard InChI is InChI=1S/C8H6O5/c9-3-4-1-6(10)7(11)2-5(4)8(12)13/h1-3,10-11H,(H,12,13). The number of hydrogen-bond acceptors (Lipinski definition) is 4. The lowest BCUT2D eigenvalue weighted by Gasteiger charge is -2.01. The first-order valence-electron chi connectivity index (χ1n) is 3.30. The van der Waals surface area contributed by atoms with Crippen molar-refractivity contribution in [2.24, 2.45) is 0 Å². The molecule has 0 fully saturated rings. The van der Waals surface area contributed by atoms with E-state index in [2.05, 4.69) is 0 Å². The van der Waals surface area contributed by atoms with E-state index in [0.29, 0.717) is 6.29 Å². The summed E-state index contributed by atoms with van der Waals surface area (Å²) in [4.78, 5) is 20.8. The van der Waals surface area contributed by atoms with Crippen LogP contribution in [-0.4, -0.2) is 27.6 Å². The second kappa shape index (κ2) is 3.14. The zero-order valence-electron chi connectivity index (χ0n) is 6.39. The van der Waals surface area contributed by atoms with E-state index in [-0.39, 0.29) is 11.1 Å². The summed E-state index contributed by atoms with van der Waals surface area (Å²) in [5.74, 6) is -2.42. The van der Waals surface area contributed by atoms with Gasteiger partial charge in [-0.2, -0.15) is 0 Å². The van der Waals surface area contributed by atoms with E-state index in [4.69, 9.17) is 15.3 Å². The van der Waals surface area contributed by atoms with Crippen molar-refractivity contribution in [2.75, 3.05) is 0 Å². The number of aldehydes is 1. The van der Waals surface area contributed by atoms with Crippen molar-refractivity contribution in [3.8, 4) is 11.5 Å². The van der Waals surface area contributed by atoms with Crippen molar-refractivity contribution in [1.29, 1.82) is 0 Å². The first-order valence-corrected chi connectivity index (χ1v) is 3.30. The van der Waals surface area contributed by atoms with Crippen LogP contribution in [0.3, 0.4) is 0 Å². The van der Waals surface area contributed by atoms with Gasteiger partial charge >= 0.3 is 5.97 Å². The number of phenolic OH excluding ortho intramolecular Hbond substituents is 2. The van der Waals surface area contributed by atoms with Crippen LogP contribution >= 0.6 is 0 Å². The molecule has 0 saturated carbocycles. The van der Waals surface area contributed by atoms with Gasteiger partial charge in [0.1, 0.15) is 0 Å². The summed E-state index contributed by atoms with van der Waals surface area (Å²) < 4.78 is 0. The maximum Gasteiger partial charge on any atom is 0.336 e. The molecule has 0 amide bonds. The Morgan fingerprint density at radius 3 is 2.23 bits per heavy atom. The van der Waals surface area contributed by atoms with Crippen LogP contribution < -0.4 is 0 Å². The van der Waals surface area contributed by atoms with Gasteiger partial charge in [-0.05, 0) is 12.1 Å². The van der Waals surface area contributed by atoms with Crippen molar-refractivity contribution >= 4 is 12.3 Å². The largest absolute Gasteiger partial charge is 0.504 e. The van der Waals surface area contributed by atoms with Gasteiger partial charge in [0.2, 0.25) is 0 Å². The number of phenols is 2. The maximum absolute atomic E-state index is 10.5. The molecule has 0 atom stereocenters. The second-order valence-electron chi connectivity index (χ2n) is 2.35. The van der Waals surface area contributed by atoms with Crippen molar-refractivity contribution in [3.05, 3.63) is 23.3 Å². The number of carbonyl (C=O) groups is 2.